The van der Waals surface area contributed by atoms with Crippen LogP contribution in [-0.2, 0) is 0 Å². The number of benzene rings is 1. The minimum atomic E-state index is 0.554. The molecule has 0 spiro atoms. The number of fused-ring (bicyclic) bond motifs is 1. The van der Waals surface area contributed by atoms with Crippen LogP contribution in [0.5, 0.6) is 0 Å². The van der Waals surface area contributed by atoms with Crippen LogP contribution < -0.4 is 10.6 Å². The molecule has 0 aliphatic heterocycles. The van der Waals surface area contributed by atoms with Gasteiger partial charge < -0.3 is 10.6 Å². The zero-order valence-electron chi connectivity index (χ0n) is 7.70. The molecule has 1 aromatic carbocycles. The zero-order valence-corrected chi connectivity index (χ0v) is 7.70. The Kier molecular flexibility index (Phi) is 1.62. The molecule has 4 heteroatoms. The second-order valence-electron chi connectivity index (χ2n) is 3.20. The summed E-state index contributed by atoms with van der Waals surface area (Å²) in [4.78, 5) is 2.03. The Morgan fingerprint density at radius 3 is 2.85 bits per heavy atom. The van der Waals surface area contributed by atoms with Crippen molar-refractivity contribution in [3.05, 3.63) is 18.2 Å². The molecule has 0 saturated heterocycles. The molecular weight excluding hydrogens is 164 g/mol. The molecule has 0 radical (unpaired) electrons. The lowest BCUT2D eigenvalue weighted by Crippen LogP contribution is -2.08. The minimum absolute atomic E-state index is 0.554. The molecule has 4 nitrogen and oxygen atoms in total. The highest BCUT2D eigenvalue weighted by molar-refractivity contribution is 5.97. The number of nitrogens with two attached hydrogens (primary N) is 1. The lowest BCUT2D eigenvalue weighted by Gasteiger charge is -2.12. The van der Waals surface area contributed by atoms with Crippen LogP contribution in [0.25, 0.3) is 10.9 Å². The molecule has 2 aromatic rings. The second-order valence-corrected chi connectivity index (χ2v) is 3.20. The van der Waals surface area contributed by atoms with E-state index in [-0.39, 0.29) is 0 Å². The van der Waals surface area contributed by atoms with Crippen molar-refractivity contribution in [2.45, 2.75) is 0 Å². The summed E-state index contributed by atoms with van der Waals surface area (Å²) in [5.41, 5.74) is 7.77. The summed E-state index contributed by atoms with van der Waals surface area (Å²) >= 11 is 0. The summed E-state index contributed by atoms with van der Waals surface area (Å²) in [5.74, 6) is 0.554. The van der Waals surface area contributed by atoms with E-state index in [1.807, 2.05) is 37.2 Å². The predicted octanol–water partition coefficient (Wildman–Crippen LogP) is 1.21. The summed E-state index contributed by atoms with van der Waals surface area (Å²) in [5, 5.41) is 7.86. The average molecular weight is 176 g/mol. The number of anilines is 2. The van der Waals surface area contributed by atoms with Crippen LogP contribution in [0.1, 0.15) is 0 Å². The van der Waals surface area contributed by atoms with Crippen LogP contribution in [0.15, 0.2) is 18.2 Å². The van der Waals surface area contributed by atoms with E-state index in [1.165, 1.54) is 0 Å². The fourth-order valence-corrected chi connectivity index (χ4v) is 1.42. The first-order valence-corrected chi connectivity index (χ1v) is 4.10. The Bertz CT molecular complexity index is 430. The standard InChI is InChI=1S/C9H12N4/c1-13(2)7-5-3-4-6-8(7)11-12-9(6)10/h3-5H,1-2H3,(H3,10,11,12). The van der Waals surface area contributed by atoms with E-state index >= 15 is 0 Å². The number of hydrogen-bond donors (Lipinski definition) is 2. The van der Waals surface area contributed by atoms with Gasteiger partial charge in [-0.2, -0.15) is 5.10 Å². The van der Waals surface area contributed by atoms with E-state index in [2.05, 4.69) is 10.2 Å². The molecular formula is C9H12N4. The van der Waals surface area contributed by atoms with E-state index in [1.54, 1.807) is 0 Å². The highest BCUT2D eigenvalue weighted by Crippen LogP contribution is 2.26. The summed E-state index contributed by atoms with van der Waals surface area (Å²) < 4.78 is 0. The lowest BCUT2D eigenvalue weighted by molar-refractivity contribution is 1.10. The van der Waals surface area contributed by atoms with Crippen molar-refractivity contribution >= 4 is 22.4 Å². The Hall–Kier alpha value is -1.71. The number of H-pyrrole nitrogens is 1. The normalized spacial score (nSPS) is 10.6. The van der Waals surface area contributed by atoms with Crippen LogP contribution in [0.4, 0.5) is 11.5 Å². The van der Waals surface area contributed by atoms with Crippen molar-refractivity contribution in [2.75, 3.05) is 24.7 Å². The van der Waals surface area contributed by atoms with Gasteiger partial charge in [0.05, 0.1) is 11.2 Å². The second kappa shape index (κ2) is 2.65. The third kappa shape index (κ3) is 1.11. The van der Waals surface area contributed by atoms with Crippen molar-refractivity contribution in [1.29, 1.82) is 0 Å². The van der Waals surface area contributed by atoms with E-state index in [0.29, 0.717) is 5.82 Å². The smallest absolute Gasteiger partial charge is 0.153 e. The number of aromatic amines is 1. The maximum Gasteiger partial charge on any atom is 0.153 e. The van der Waals surface area contributed by atoms with Crippen LogP contribution in [-0.4, -0.2) is 24.3 Å². The van der Waals surface area contributed by atoms with E-state index in [0.717, 1.165) is 16.6 Å². The predicted molar refractivity (Wildman–Crippen MR) is 54.8 cm³/mol. The van der Waals surface area contributed by atoms with Crippen molar-refractivity contribution in [3.8, 4) is 0 Å². The first-order valence-electron chi connectivity index (χ1n) is 4.10. The SMILES string of the molecule is CN(C)c1cccc2c(N)n[nH]c12. The number of nitrogens with one attached hydrogen (secondary N) is 1. The van der Waals surface area contributed by atoms with Crippen LogP contribution in [0.2, 0.25) is 0 Å². The number of nitrogens with zero attached hydrogens (tertiary/aromatic N) is 2. The number of para-hydroxylation sites is 1. The monoisotopic (exact) mass is 176 g/mol. The van der Waals surface area contributed by atoms with Gasteiger partial charge >= 0.3 is 0 Å². The zero-order chi connectivity index (χ0) is 9.42. The molecule has 68 valence electrons. The maximum atomic E-state index is 5.68. The van der Waals surface area contributed by atoms with Gasteiger partial charge in [-0.3, -0.25) is 5.10 Å². The van der Waals surface area contributed by atoms with Gasteiger partial charge in [0, 0.05) is 19.5 Å². The Balaban J connectivity index is 2.77. The number of nitrogen functional groups attached to an aromatic ring is 1. The van der Waals surface area contributed by atoms with Gasteiger partial charge in [-0.1, -0.05) is 6.07 Å². The number of aromatic nitrogens is 2. The molecule has 1 heterocycles. The third-order valence-electron chi connectivity index (χ3n) is 2.09. The van der Waals surface area contributed by atoms with Gasteiger partial charge in [0.25, 0.3) is 0 Å². The van der Waals surface area contributed by atoms with Crippen molar-refractivity contribution in [3.63, 3.8) is 0 Å². The van der Waals surface area contributed by atoms with E-state index in [9.17, 15) is 0 Å². The number of hydrogen-bond acceptors (Lipinski definition) is 3. The quantitative estimate of drug-likeness (QED) is 0.686. The fourth-order valence-electron chi connectivity index (χ4n) is 1.42. The average Bonchev–Trinajstić information content (AvgIpc) is 2.48. The Labute approximate surface area is 76.3 Å². The van der Waals surface area contributed by atoms with E-state index in [4.69, 9.17) is 5.73 Å². The molecule has 0 bridgehead atoms. The topological polar surface area (TPSA) is 57.9 Å². The summed E-state index contributed by atoms with van der Waals surface area (Å²) in [6.07, 6.45) is 0. The molecule has 0 aliphatic carbocycles. The number of rotatable bonds is 1. The third-order valence-corrected chi connectivity index (χ3v) is 2.09. The van der Waals surface area contributed by atoms with Crippen LogP contribution in [0.3, 0.4) is 0 Å². The Morgan fingerprint density at radius 2 is 2.15 bits per heavy atom. The maximum absolute atomic E-state index is 5.68. The van der Waals surface area contributed by atoms with Crippen LogP contribution in [0, 0.1) is 0 Å². The highest BCUT2D eigenvalue weighted by atomic mass is 15.2. The molecule has 1 aromatic heterocycles. The largest absolute Gasteiger partial charge is 0.382 e. The molecule has 0 aliphatic rings. The molecule has 13 heavy (non-hydrogen) atoms. The van der Waals surface area contributed by atoms with E-state index < -0.39 is 0 Å². The summed E-state index contributed by atoms with van der Waals surface area (Å²) in [6.45, 7) is 0. The van der Waals surface area contributed by atoms with Gasteiger partial charge in [0.2, 0.25) is 0 Å². The van der Waals surface area contributed by atoms with Gasteiger partial charge in [0.1, 0.15) is 0 Å². The van der Waals surface area contributed by atoms with Crippen molar-refractivity contribution < 1.29 is 0 Å². The molecule has 2 rings (SSSR count). The highest BCUT2D eigenvalue weighted by Gasteiger charge is 2.06. The molecule has 0 amide bonds. The molecule has 0 fully saturated rings. The molecule has 3 N–H and O–H groups in total. The van der Waals surface area contributed by atoms with Crippen molar-refractivity contribution in [1.82, 2.24) is 10.2 Å². The lowest BCUT2D eigenvalue weighted by atomic mass is 10.2. The Morgan fingerprint density at radius 1 is 1.38 bits per heavy atom. The van der Waals surface area contributed by atoms with Gasteiger partial charge in [-0.05, 0) is 12.1 Å². The first-order chi connectivity index (χ1) is 6.20. The minimum Gasteiger partial charge on any atom is -0.382 e. The van der Waals surface area contributed by atoms with Crippen molar-refractivity contribution in [2.24, 2.45) is 0 Å². The fraction of sp³-hybridized carbons (Fsp3) is 0.222. The molecule has 0 saturated carbocycles. The first kappa shape index (κ1) is 7.91. The van der Waals surface area contributed by atoms with Gasteiger partial charge in [-0.15, -0.1) is 0 Å². The molecule has 0 atom stereocenters. The van der Waals surface area contributed by atoms with Gasteiger partial charge in [-0.25, -0.2) is 0 Å². The molecule has 0 unspecified atom stereocenters. The van der Waals surface area contributed by atoms with Crippen LogP contribution >= 0.6 is 0 Å². The summed E-state index contributed by atoms with van der Waals surface area (Å²) in [6, 6.07) is 5.96. The van der Waals surface area contributed by atoms with Gasteiger partial charge in [0.15, 0.2) is 5.82 Å². The summed E-state index contributed by atoms with van der Waals surface area (Å²) in [7, 11) is 3.98.